The van der Waals surface area contributed by atoms with Gasteiger partial charge in [0.2, 0.25) is 0 Å². The molecule has 1 atom stereocenters. The van der Waals surface area contributed by atoms with Crippen molar-refractivity contribution in [2.45, 2.75) is 38.1 Å². The van der Waals surface area contributed by atoms with Crippen molar-refractivity contribution >= 4 is 6.03 Å². The Kier molecular flexibility index (Phi) is 6.30. The molecule has 3 N–H and O–H groups in total. The van der Waals surface area contributed by atoms with Gasteiger partial charge in [-0.05, 0) is 36.6 Å². The van der Waals surface area contributed by atoms with Gasteiger partial charge in [-0.15, -0.1) is 0 Å². The zero-order valence-electron chi connectivity index (χ0n) is 15.8. The average Bonchev–Trinajstić information content (AvgIpc) is 3.09. The Morgan fingerprint density at radius 1 is 1.10 bits per heavy atom. The maximum absolute atomic E-state index is 13.7. The van der Waals surface area contributed by atoms with Crippen molar-refractivity contribution in [1.82, 2.24) is 14.8 Å². The molecule has 1 aromatic heterocycles. The molecule has 2 heterocycles. The van der Waals surface area contributed by atoms with Crippen LogP contribution in [0.5, 0.6) is 0 Å². The highest BCUT2D eigenvalue weighted by Crippen LogP contribution is 2.32. The summed E-state index contributed by atoms with van der Waals surface area (Å²) in [5, 5.41) is 2.62. The number of amides is 2. The van der Waals surface area contributed by atoms with Crippen molar-refractivity contribution in [2.75, 3.05) is 13.1 Å². The van der Waals surface area contributed by atoms with E-state index in [-0.39, 0.29) is 44.6 Å². The first-order chi connectivity index (χ1) is 14.1. The molecule has 30 heavy (non-hydrogen) atoms. The number of urea groups is 1. The molecule has 2 aromatic rings. The van der Waals surface area contributed by atoms with Gasteiger partial charge in [-0.2, -0.15) is 13.2 Å². The Morgan fingerprint density at radius 3 is 2.50 bits per heavy atom. The maximum Gasteiger partial charge on any atom is 0.431 e. The third-order valence-corrected chi connectivity index (χ3v) is 4.96. The zero-order valence-corrected chi connectivity index (χ0v) is 15.8. The Morgan fingerprint density at radius 2 is 1.80 bits per heavy atom. The predicted molar refractivity (Wildman–Crippen MR) is 95.9 cm³/mol. The first-order valence-corrected chi connectivity index (χ1v) is 9.23. The number of carbonyl (C=O) groups excluding carboxylic acids is 1. The van der Waals surface area contributed by atoms with Gasteiger partial charge in [0, 0.05) is 37.4 Å². The molecule has 5 nitrogen and oxygen atoms in total. The van der Waals surface area contributed by atoms with Crippen molar-refractivity contribution < 1.29 is 31.1 Å². The van der Waals surface area contributed by atoms with E-state index in [9.17, 15) is 31.1 Å². The number of rotatable bonds is 5. The lowest BCUT2D eigenvalue weighted by molar-refractivity contribution is -0.144. The van der Waals surface area contributed by atoms with Crippen LogP contribution in [0, 0.1) is 17.5 Å². The van der Waals surface area contributed by atoms with Crippen LogP contribution in [0.4, 0.5) is 31.1 Å². The molecule has 1 aromatic carbocycles. The zero-order chi connectivity index (χ0) is 22.1. The van der Waals surface area contributed by atoms with Crippen LogP contribution in [0.2, 0.25) is 0 Å². The summed E-state index contributed by atoms with van der Waals surface area (Å²) in [5.41, 5.74) is 5.45. The number of carbonyl (C=O) groups is 1. The van der Waals surface area contributed by atoms with E-state index in [0.29, 0.717) is 11.8 Å². The second kappa shape index (κ2) is 8.58. The van der Waals surface area contributed by atoms with Gasteiger partial charge in [-0.25, -0.2) is 18.0 Å². The molecular weight excluding hydrogens is 414 g/mol. The van der Waals surface area contributed by atoms with E-state index in [0.717, 1.165) is 16.7 Å². The monoisotopic (exact) mass is 434 g/mol. The smallest absolute Gasteiger partial charge is 0.338 e. The first-order valence-electron chi connectivity index (χ1n) is 9.23. The average molecular weight is 434 g/mol. The molecular formula is C19H20F6N4O. The van der Waals surface area contributed by atoms with Gasteiger partial charge in [0.1, 0.15) is 11.5 Å². The van der Waals surface area contributed by atoms with E-state index >= 15 is 0 Å². The summed E-state index contributed by atoms with van der Waals surface area (Å²) in [6, 6.07) is 2.47. The number of halogens is 6. The molecule has 0 saturated carbocycles. The van der Waals surface area contributed by atoms with E-state index < -0.39 is 41.4 Å². The molecule has 2 amide bonds. The molecule has 0 fully saturated rings. The van der Waals surface area contributed by atoms with Crippen molar-refractivity contribution in [1.29, 1.82) is 0 Å². The highest BCUT2D eigenvalue weighted by Gasteiger charge is 2.36. The summed E-state index contributed by atoms with van der Waals surface area (Å²) in [6.07, 6.45) is -4.26. The molecule has 0 aliphatic carbocycles. The van der Waals surface area contributed by atoms with Crippen LogP contribution >= 0.6 is 0 Å². The molecule has 11 heteroatoms. The van der Waals surface area contributed by atoms with Gasteiger partial charge >= 0.3 is 12.2 Å². The molecule has 0 spiro atoms. The molecule has 1 aliphatic heterocycles. The minimum Gasteiger partial charge on any atom is -0.338 e. The largest absolute Gasteiger partial charge is 0.431 e. The number of nitrogens with one attached hydrogen (secondary N) is 1. The summed E-state index contributed by atoms with van der Waals surface area (Å²) in [6.45, 7) is 0.312. The second-order valence-electron chi connectivity index (χ2n) is 7.12. The fraction of sp³-hybridized carbons (Fsp3) is 0.421. The number of hydrogen-bond donors (Lipinski definition) is 2. The van der Waals surface area contributed by atoms with E-state index in [1.807, 2.05) is 0 Å². The van der Waals surface area contributed by atoms with Gasteiger partial charge in [-0.1, -0.05) is 0 Å². The summed E-state index contributed by atoms with van der Waals surface area (Å²) < 4.78 is 79.8. The molecule has 164 valence electrons. The number of fused-ring (bicyclic) bond motifs is 1. The Balaban J connectivity index is 1.48. The van der Waals surface area contributed by atoms with Crippen molar-refractivity contribution in [3.05, 3.63) is 58.7 Å². The van der Waals surface area contributed by atoms with Gasteiger partial charge < -0.3 is 20.5 Å². The second-order valence-corrected chi connectivity index (χ2v) is 7.12. The number of nitrogens with two attached hydrogens (primary N) is 1. The Bertz CT molecular complexity index is 926. The van der Waals surface area contributed by atoms with Crippen molar-refractivity contribution in [3.8, 4) is 0 Å². The topological polar surface area (TPSA) is 63.3 Å². The summed E-state index contributed by atoms with van der Waals surface area (Å²) in [5.74, 6) is -3.36. The lowest BCUT2D eigenvalue weighted by Crippen LogP contribution is -2.45. The fourth-order valence-electron chi connectivity index (χ4n) is 3.41. The van der Waals surface area contributed by atoms with Gasteiger partial charge in [0.15, 0.2) is 11.6 Å². The number of hydrogen-bond acceptors (Lipinski definition) is 2. The third kappa shape index (κ3) is 4.89. The molecule has 3 rings (SSSR count). The van der Waals surface area contributed by atoms with Crippen molar-refractivity contribution in [3.63, 3.8) is 0 Å². The number of benzene rings is 1. The normalized spacial score (nSPS) is 15.1. The summed E-state index contributed by atoms with van der Waals surface area (Å²) in [7, 11) is 0. The molecule has 0 unspecified atom stereocenters. The van der Waals surface area contributed by atoms with Gasteiger partial charge in [0.05, 0.1) is 6.54 Å². The van der Waals surface area contributed by atoms with E-state index in [2.05, 4.69) is 5.32 Å². The third-order valence-electron chi connectivity index (χ3n) is 4.96. The van der Waals surface area contributed by atoms with Crippen LogP contribution in [0.1, 0.15) is 23.4 Å². The molecule has 0 radical (unpaired) electrons. The van der Waals surface area contributed by atoms with Gasteiger partial charge in [-0.3, -0.25) is 0 Å². The lowest BCUT2D eigenvalue weighted by Gasteiger charge is -2.30. The minimum atomic E-state index is -4.45. The molecule has 0 bridgehead atoms. The van der Waals surface area contributed by atoms with E-state index in [1.165, 1.54) is 11.0 Å². The number of alkyl halides is 3. The molecule has 1 aliphatic rings. The lowest BCUT2D eigenvalue weighted by atomic mass is 10.0. The fourth-order valence-corrected chi connectivity index (χ4v) is 3.41. The Hall–Kier alpha value is -2.69. The summed E-state index contributed by atoms with van der Waals surface area (Å²) >= 11 is 0. The SMILES string of the molecule is N[C@@H](CCNC(=O)N1CCn2c(ccc2C(F)(F)F)C1)Cc1cc(F)c(F)cc1F. The van der Waals surface area contributed by atoms with Crippen LogP contribution < -0.4 is 11.1 Å². The Labute approximate surface area is 168 Å². The van der Waals surface area contributed by atoms with Crippen LogP contribution in [-0.2, 0) is 25.7 Å². The summed E-state index contributed by atoms with van der Waals surface area (Å²) in [4.78, 5) is 13.7. The van der Waals surface area contributed by atoms with Crippen molar-refractivity contribution in [2.24, 2.45) is 5.73 Å². The van der Waals surface area contributed by atoms with E-state index in [1.54, 1.807) is 0 Å². The number of nitrogens with zero attached hydrogens (tertiary/aromatic N) is 2. The number of aromatic nitrogens is 1. The quantitative estimate of drug-likeness (QED) is 0.560. The standard InChI is InChI=1S/C19H20F6N4O/c20-14-9-16(22)15(21)8-11(14)7-12(26)3-4-27-18(30)28-5-6-29-13(10-28)1-2-17(29)19(23,24)25/h1-2,8-9,12H,3-7,10,26H2,(H,27,30)/t12-/m0/s1. The van der Waals surface area contributed by atoms with Gasteiger partial charge in [0.25, 0.3) is 0 Å². The van der Waals surface area contributed by atoms with Crippen LogP contribution in [0.3, 0.4) is 0 Å². The first kappa shape index (κ1) is 22.0. The predicted octanol–water partition coefficient (Wildman–Crippen LogP) is 3.41. The highest BCUT2D eigenvalue weighted by atomic mass is 19.4. The van der Waals surface area contributed by atoms with Crippen LogP contribution in [0.25, 0.3) is 0 Å². The van der Waals surface area contributed by atoms with Crippen LogP contribution in [0.15, 0.2) is 24.3 Å². The van der Waals surface area contributed by atoms with Crippen LogP contribution in [-0.4, -0.2) is 34.6 Å². The highest BCUT2D eigenvalue weighted by molar-refractivity contribution is 5.74. The maximum atomic E-state index is 13.7. The minimum absolute atomic E-state index is 0.0273. The molecule has 0 saturated heterocycles. The van der Waals surface area contributed by atoms with E-state index in [4.69, 9.17) is 5.73 Å².